The van der Waals surface area contributed by atoms with Gasteiger partial charge < -0.3 is 19.5 Å². The van der Waals surface area contributed by atoms with Gasteiger partial charge in [0, 0.05) is 25.9 Å². The highest BCUT2D eigenvalue weighted by Gasteiger charge is 2.21. The van der Waals surface area contributed by atoms with Crippen LogP contribution in [0.4, 0.5) is 0 Å². The Hall–Kier alpha value is -2.25. The molecule has 7 heteroatoms. The van der Waals surface area contributed by atoms with Gasteiger partial charge in [-0.25, -0.2) is 9.97 Å². The second-order valence-electron chi connectivity index (χ2n) is 5.74. The average Bonchev–Trinajstić information content (AvgIpc) is 2.83. The molecule has 1 atom stereocenters. The molecule has 3 rings (SSSR count). The molecule has 1 aromatic heterocycles. The lowest BCUT2D eigenvalue weighted by Crippen LogP contribution is -2.37. The molecule has 0 unspecified atom stereocenters. The maximum absolute atomic E-state index is 12.4. The minimum atomic E-state index is -0.633. The van der Waals surface area contributed by atoms with Gasteiger partial charge in [0.25, 0.3) is 0 Å². The third kappa shape index (κ3) is 3.80. The first kappa shape index (κ1) is 16.6. The van der Waals surface area contributed by atoms with E-state index in [0.717, 1.165) is 11.0 Å². The highest BCUT2D eigenvalue weighted by Crippen LogP contribution is 2.20. The molecule has 0 bridgehead atoms. The lowest BCUT2D eigenvalue weighted by molar-refractivity contribution is -0.132. The number of nitrogens with zero attached hydrogens (tertiary/aromatic N) is 3. The fourth-order valence-electron chi connectivity index (χ4n) is 2.75. The van der Waals surface area contributed by atoms with E-state index in [2.05, 4.69) is 9.97 Å². The number of hydrogen-bond donors (Lipinski definition) is 1. The maximum atomic E-state index is 12.4. The van der Waals surface area contributed by atoms with Crippen molar-refractivity contribution in [1.82, 2.24) is 14.9 Å². The number of fused-ring (bicyclic) bond motifs is 1. The van der Waals surface area contributed by atoms with E-state index >= 15 is 0 Å². The van der Waals surface area contributed by atoms with Crippen LogP contribution in [0.2, 0.25) is 0 Å². The van der Waals surface area contributed by atoms with Gasteiger partial charge in [-0.2, -0.15) is 0 Å². The lowest BCUT2D eigenvalue weighted by atomic mass is 10.2. The highest BCUT2D eigenvalue weighted by atomic mass is 16.5. The number of amides is 1. The Balaban J connectivity index is 1.71. The predicted octanol–water partition coefficient (Wildman–Crippen LogP) is 0.791. The van der Waals surface area contributed by atoms with Crippen LogP contribution in [0.1, 0.15) is 12.1 Å². The summed E-state index contributed by atoms with van der Waals surface area (Å²) < 4.78 is 10.6. The molecule has 7 nitrogen and oxygen atoms in total. The summed E-state index contributed by atoms with van der Waals surface area (Å²) in [7, 11) is 1.55. The van der Waals surface area contributed by atoms with E-state index in [1.54, 1.807) is 12.0 Å². The summed E-state index contributed by atoms with van der Waals surface area (Å²) in [5, 5.41) is 9.73. The number of methoxy groups -OCH3 is 1. The van der Waals surface area contributed by atoms with Gasteiger partial charge >= 0.3 is 0 Å². The molecule has 1 aliphatic rings. The minimum Gasteiger partial charge on any atom is -0.480 e. The number of carbonyl (C=O) groups excluding carboxylic acids is 1. The maximum Gasteiger partial charge on any atom is 0.235 e. The molecule has 128 valence electrons. The number of aliphatic hydroxyl groups is 1. The molecule has 1 amide bonds. The Morgan fingerprint density at radius 1 is 1.38 bits per heavy atom. The number of aryl methyl sites for hydroxylation is 1. The third-order valence-electron chi connectivity index (χ3n) is 3.97. The molecule has 1 aliphatic heterocycles. The summed E-state index contributed by atoms with van der Waals surface area (Å²) in [5.41, 5.74) is 2.20. The van der Waals surface area contributed by atoms with E-state index in [9.17, 15) is 9.90 Å². The van der Waals surface area contributed by atoms with Crippen molar-refractivity contribution in [2.75, 3.05) is 33.4 Å². The highest BCUT2D eigenvalue weighted by molar-refractivity contribution is 5.77. The van der Waals surface area contributed by atoms with E-state index in [1.807, 2.05) is 24.3 Å². The van der Waals surface area contributed by atoms with Crippen molar-refractivity contribution >= 4 is 16.9 Å². The standard InChI is InChI=1S/C17H21N3O4/c1-23-17-15(18-13-4-2-3-5-14(13)19-17)6-7-16(22)20-8-9-24-11-12(21)10-20/h2-5,12,21H,6-11H2,1H3/t12-/m0/s1. The number of carbonyl (C=O) groups is 1. The first-order chi connectivity index (χ1) is 11.7. The number of aliphatic hydroxyl groups excluding tert-OH is 1. The largest absolute Gasteiger partial charge is 0.480 e. The van der Waals surface area contributed by atoms with E-state index in [0.29, 0.717) is 37.7 Å². The van der Waals surface area contributed by atoms with E-state index < -0.39 is 6.10 Å². The van der Waals surface area contributed by atoms with Gasteiger partial charge in [0.05, 0.1) is 37.5 Å². The molecule has 2 aromatic rings. The monoisotopic (exact) mass is 331 g/mol. The molecule has 0 spiro atoms. The smallest absolute Gasteiger partial charge is 0.235 e. The van der Waals surface area contributed by atoms with Crippen molar-refractivity contribution in [1.29, 1.82) is 0 Å². The van der Waals surface area contributed by atoms with Crippen LogP contribution in [0.15, 0.2) is 24.3 Å². The lowest BCUT2D eigenvalue weighted by Gasteiger charge is -2.21. The fraction of sp³-hybridized carbons (Fsp3) is 0.471. The SMILES string of the molecule is COc1nc2ccccc2nc1CCC(=O)N1CCOC[C@@H](O)C1. The van der Waals surface area contributed by atoms with Crippen LogP contribution < -0.4 is 4.74 Å². The zero-order valence-electron chi connectivity index (χ0n) is 13.6. The van der Waals surface area contributed by atoms with Gasteiger partial charge in [-0.1, -0.05) is 12.1 Å². The molecule has 1 aromatic carbocycles. The van der Waals surface area contributed by atoms with Gasteiger partial charge in [-0.05, 0) is 12.1 Å². The topological polar surface area (TPSA) is 84.8 Å². The van der Waals surface area contributed by atoms with Crippen molar-refractivity contribution in [3.05, 3.63) is 30.0 Å². The zero-order chi connectivity index (χ0) is 16.9. The molecular weight excluding hydrogens is 310 g/mol. The van der Waals surface area contributed by atoms with Gasteiger partial charge in [-0.15, -0.1) is 0 Å². The Labute approximate surface area is 140 Å². The number of rotatable bonds is 4. The van der Waals surface area contributed by atoms with Gasteiger partial charge in [0.1, 0.15) is 5.69 Å². The Morgan fingerprint density at radius 2 is 2.12 bits per heavy atom. The normalized spacial score (nSPS) is 18.4. The molecule has 1 saturated heterocycles. The van der Waals surface area contributed by atoms with Crippen LogP contribution in [0.25, 0.3) is 11.0 Å². The number of aromatic nitrogens is 2. The number of ether oxygens (including phenoxy) is 2. The number of β-amino-alcohol motifs (C(OH)–C–C–N with tert-alkyl or cyclic N) is 1. The van der Waals surface area contributed by atoms with Crippen molar-refractivity contribution in [2.45, 2.75) is 18.9 Å². The van der Waals surface area contributed by atoms with E-state index in [-0.39, 0.29) is 18.9 Å². The van der Waals surface area contributed by atoms with E-state index in [4.69, 9.17) is 9.47 Å². The Bertz CT molecular complexity index is 722. The summed E-state index contributed by atoms with van der Waals surface area (Å²) >= 11 is 0. The first-order valence-electron chi connectivity index (χ1n) is 8.00. The van der Waals surface area contributed by atoms with Crippen LogP contribution in [-0.2, 0) is 16.0 Å². The molecule has 0 saturated carbocycles. The van der Waals surface area contributed by atoms with Gasteiger partial charge in [0.2, 0.25) is 11.8 Å². The first-order valence-corrected chi connectivity index (χ1v) is 8.00. The summed E-state index contributed by atoms with van der Waals surface area (Å²) in [4.78, 5) is 23.0. The Morgan fingerprint density at radius 3 is 2.88 bits per heavy atom. The van der Waals surface area contributed by atoms with Crippen LogP contribution in [0.3, 0.4) is 0 Å². The quantitative estimate of drug-likeness (QED) is 0.892. The van der Waals surface area contributed by atoms with Crippen LogP contribution >= 0.6 is 0 Å². The third-order valence-corrected chi connectivity index (χ3v) is 3.97. The summed E-state index contributed by atoms with van der Waals surface area (Å²) in [6.45, 7) is 1.52. The summed E-state index contributed by atoms with van der Waals surface area (Å²) in [6, 6.07) is 7.55. The number of hydrogen-bond acceptors (Lipinski definition) is 6. The van der Waals surface area contributed by atoms with Gasteiger partial charge in [0.15, 0.2) is 0 Å². The predicted molar refractivity (Wildman–Crippen MR) is 87.8 cm³/mol. The Kier molecular flexibility index (Phi) is 5.22. The summed E-state index contributed by atoms with van der Waals surface area (Å²) in [5.74, 6) is 0.414. The number of benzene rings is 1. The molecule has 1 fully saturated rings. The molecular formula is C17H21N3O4. The van der Waals surface area contributed by atoms with Gasteiger partial charge in [-0.3, -0.25) is 4.79 Å². The average molecular weight is 331 g/mol. The fourth-order valence-corrected chi connectivity index (χ4v) is 2.75. The van der Waals surface area contributed by atoms with E-state index in [1.165, 1.54) is 0 Å². The van der Waals surface area contributed by atoms with Crippen molar-refractivity contribution in [3.63, 3.8) is 0 Å². The van der Waals surface area contributed by atoms with Crippen LogP contribution in [-0.4, -0.2) is 65.4 Å². The van der Waals surface area contributed by atoms with Crippen LogP contribution in [0.5, 0.6) is 5.88 Å². The second-order valence-corrected chi connectivity index (χ2v) is 5.74. The van der Waals surface area contributed by atoms with Crippen molar-refractivity contribution in [3.8, 4) is 5.88 Å². The zero-order valence-corrected chi connectivity index (χ0v) is 13.6. The molecule has 0 aliphatic carbocycles. The van der Waals surface area contributed by atoms with Crippen molar-refractivity contribution < 1.29 is 19.4 Å². The second kappa shape index (κ2) is 7.55. The van der Waals surface area contributed by atoms with Crippen molar-refractivity contribution in [2.24, 2.45) is 0 Å². The van der Waals surface area contributed by atoms with Crippen LogP contribution in [0, 0.1) is 0 Å². The number of para-hydroxylation sites is 2. The molecule has 2 heterocycles. The molecule has 0 radical (unpaired) electrons. The summed E-state index contributed by atoms with van der Waals surface area (Å²) in [6.07, 6.45) is 0.0927. The minimum absolute atomic E-state index is 0.0310. The molecule has 24 heavy (non-hydrogen) atoms. The molecule has 1 N–H and O–H groups in total.